The van der Waals surface area contributed by atoms with E-state index in [1.165, 1.54) is 11.0 Å². The first kappa shape index (κ1) is 65.4. The Kier molecular flexibility index (Phi) is 26.5. The van der Waals surface area contributed by atoms with Gasteiger partial charge in [0.05, 0.1) is 16.0 Å². The van der Waals surface area contributed by atoms with Crippen LogP contribution in [0.3, 0.4) is 0 Å². The van der Waals surface area contributed by atoms with Crippen molar-refractivity contribution in [2.45, 2.75) is 133 Å². The third-order valence-electron chi connectivity index (χ3n) is 13.0. The first-order valence-corrected chi connectivity index (χ1v) is 27.6. The van der Waals surface area contributed by atoms with Crippen molar-refractivity contribution >= 4 is 87.7 Å². The van der Waals surface area contributed by atoms with Crippen LogP contribution in [0.4, 0.5) is 0 Å². The lowest BCUT2D eigenvalue weighted by atomic mass is 9.99. The first-order valence-electron chi connectivity index (χ1n) is 26.5. The number of aromatic hydroxyl groups is 1. The van der Waals surface area contributed by atoms with Crippen LogP contribution in [-0.4, -0.2) is 143 Å². The molecule has 27 heteroatoms. The lowest BCUT2D eigenvalue weighted by Crippen LogP contribution is -2.60. The standard InChI is InChI=1S/C54H77IN16O10/c1-30(2)24-39(69-50(79)40(27-31-12-5-3-6-13-31)68-46(75)35(56)26-33-19-20-43(72)34(55)25-33)48(77)70-41(28-32-14-7-4-8-15-32)49(78)66-37(17-10-22-64-54(61)62)52(81)71-23-11-18-42(71)51(80)65-36(16-9-21-63-53(59)60)47(76)67-38(45(58)74)29-44(57)73/h3-8,12-15,19-20,25,30,35-42,72H,9-11,16-18,21-24,26-29,56H2,1-2H3,(H2,57,73)(H2,58,74)(H,65,80)(H,66,78)(H,67,76)(H,68,75)(H,69,79)(H,70,77)(H4,59,60,63)(H4,61,62,64). The highest BCUT2D eigenvalue weighted by Gasteiger charge is 2.40. The monoisotopic (exact) mass is 1240 g/mol. The van der Waals surface area contributed by atoms with Crippen LogP contribution in [0.15, 0.2) is 88.8 Å². The molecule has 0 radical (unpaired) electrons. The summed E-state index contributed by atoms with van der Waals surface area (Å²) in [6.45, 7) is 3.87. The zero-order valence-corrected chi connectivity index (χ0v) is 47.6. The summed E-state index contributed by atoms with van der Waals surface area (Å²) < 4.78 is 0.567. The number of amides is 9. The van der Waals surface area contributed by atoms with E-state index in [1.807, 2.05) is 36.4 Å². The van der Waals surface area contributed by atoms with Gasteiger partial charge in [-0.1, -0.05) is 80.6 Å². The number of hydrogen-bond acceptors (Lipinski definition) is 13. The molecule has 21 N–H and O–H groups in total. The maximum atomic E-state index is 14.8. The number of hydrogen-bond donors (Lipinski definition) is 14. The molecule has 0 aromatic heterocycles. The highest BCUT2D eigenvalue weighted by Crippen LogP contribution is 2.23. The zero-order valence-electron chi connectivity index (χ0n) is 45.5. The van der Waals surface area contributed by atoms with Crippen LogP contribution in [-0.2, 0) is 62.4 Å². The van der Waals surface area contributed by atoms with E-state index in [9.17, 15) is 48.3 Å². The van der Waals surface area contributed by atoms with Crippen LogP contribution in [0, 0.1) is 9.49 Å². The third-order valence-corrected chi connectivity index (χ3v) is 13.9. The van der Waals surface area contributed by atoms with Crippen molar-refractivity contribution in [3.8, 4) is 5.75 Å². The molecule has 0 aliphatic carbocycles. The van der Waals surface area contributed by atoms with Crippen molar-refractivity contribution < 1.29 is 48.3 Å². The number of phenolic OH excluding ortho intramolecular Hbond substituents is 1. The number of rotatable bonds is 32. The second kappa shape index (κ2) is 32.9. The van der Waals surface area contributed by atoms with E-state index in [4.69, 9.17) is 40.1 Å². The molecule has 1 aliphatic heterocycles. The highest BCUT2D eigenvalue weighted by atomic mass is 127. The summed E-state index contributed by atoms with van der Waals surface area (Å²) in [5, 5.41) is 26.2. The Labute approximate surface area is 483 Å². The minimum atomic E-state index is -1.49. The van der Waals surface area contributed by atoms with Gasteiger partial charge in [0.25, 0.3) is 0 Å². The number of phenols is 1. The normalized spacial score (nSPS) is 15.5. The Bertz CT molecular complexity index is 2710. The molecule has 1 aliphatic rings. The number of guanidine groups is 2. The smallest absolute Gasteiger partial charge is 0.245 e. The van der Waals surface area contributed by atoms with E-state index in [-0.39, 0.29) is 101 Å². The van der Waals surface area contributed by atoms with Crippen LogP contribution >= 0.6 is 22.6 Å². The van der Waals surface area contributed by atoms with E-state index in [2.05, 4.69) is 41.9 Å². The Morgan fingerprint density at radius 2 is 1.09 bits per heavy atom. The van der Waals surface area contributed by atoms with Crippen molar-refractivity contribution in [1.29, 1.82) is 0 Å². The number of likely N-dealkylation sites (tertiary alicyclic amines) is 1. The lowest BCUT2D eigenvalue weighted by molar-refractivity contribution is -0.142. The van der Waals surface area contributed by atoms with Gasteiger partial charge >= 0.3 is 0 Å². The second-order valence-corrected chi connectivity index (χ2v) is 21.3. The average molecular weight is 1240 g/mol. The summed E-state index contributed by atoms with van der Waals surface area (Å²) >= 11 is 1.96. The van der Waals surface area contributed by atoms with E-state index in [0.29, 0.717) is 26.7 Å². The molecule has 26 nitrogen and oxygen atoms in total. The molecule has 9 amide bonds. The molecule has 1 fully saturated rings. The Hall–Kier alpha value is -8.08. The molecule has 1 heterocycles. The topological polar surface area (TPSA) is 456 Å². The van der Waals surface area contributed by atoms with Gasteiger partial charge in [0.2, 0.25) is 53.2 Å². The van der Waals surface area contributed by atoms with Crippen molar-refractivity contribution in [3.05, 3.63) is 99.1 Å². The van der Waals surface area contributed by atoms with Gasteiger partial charge in [-0.15, -0.1) is 0 Å². The molecule has 440 valence electrons. The van der Waals surface area contributed by atoms with Crippen LogP contribution in [0.1, 0.15) is 81.9 Å². The zero-order chi connectivity index (χ0) is 59.8. The molecule has 0 spiro atoms. The first-order chi connectivity index (χ1) is 38.4. The molecule has 0 saturated carbocycles. The Balaban J connectivity index is 1.62. The highest BCUT2D eigenvalue weighted by molar-refractivity contribution is 14.1. The van der Waals surface area contributed by atoms with Gasteiger partial charge in [-0.2, -0.15) is 0 Å². The maximum Gasteiger partial charge on any atom is 0.245 e. The predicted molar refractivity (Wildman–Crippen MR) is 311 cm³/mol. The van der Waals surface area contributed by atoms with Gasteiger partial charge in [0.15, 0.2) is 11.9 Å². The SMILES string of the molecule is CC(C)CC(NC(=O)C(Cc1ccccc1)NC(=O)C(N)Cc1ccc(O)c(I)c1)C(=O)NC(Cc1ccccc1)C(=O)NC(CCCN=C(N)N)C(=O)N1CCCC1C(=O)NC(CCCN=C(N)N)C(=O)NC(CC(N)=O)C(N)=O. The quantitative estimate of drug-likeness (QED) is 0.0136. The number of nitrogens with zero attached hydrogens (tertiary/aromatic N) is 3. The van der Waals surface area contributed by atoms with Crippen molar-refractivity contribution in [2.75, 3.05) is 19.6 Å². The largest absolute Gasteiger partial charge is 0.507 e. The molecule has 8 unspecified atom stereocenters. The summed E-state index contributed by atoms with van der Waals surface area (Å²) in [6.07, 6.45) is 0.278. The lowest BCUT2D eigenvalue weighted by Gasteiger charge is -2.31. The molecule has 3 aromatic rings. The van der Waals surface area contributed by atoms with E-state index < -0.39 is 108 Å². The fourth-order valence-corrected chi connectivity index (χ4v) is 9.52. The number of primary amides is 2. The average Bonchev–Trinajstić information content (AvgIpc) is 3.96. The molecule has 4 rings (SSSR count). The number of nitrogens with two attached hydrogens (primary N) is 7. The van der Waals surface area contributed by atoms with Gasteiger partial charge in [-0.25, -0.2) is 0 Å². The fraction of sp³-hybridized carbons (Fsp3) is 0.463. The summed E-state index contributed by atoms with van der Waals surface area (Å²) in [5.41, 5.74) is 41.2. The van der Waals surface area contributed by atoms with Gasteiger partial charge in [-0.05, 0) is 109 Å². The van der Waals surface area contributed by atoms with Crippen LogP contribution in [0.25, 0.3) is 0 Å². The number of benzene rings is 3. The minimum absolute atomic E-state index is 0.0296. The van der Waals surface area contributed by atoms with Crippen LogP contribution in [0.2, 0.25) is 0 Å². The minimum Gasteiger partial charge on any atom is -0.507 e. The molecule has 1 saturated heterocycles. The van der Waals surface area contributed by atoms with Gasteiger partial charge in [-0.3, -0.25) is 53.1 Å². The molecule has 3 aromatic carbocycles. The molecular weight excluding hydrogens is 1160 g/mol. The summed E-state index contributed by atoms with van der Waals surface area (Å²) in [6, 6.07) is 12.3. The Morgan fingerprint density at radius 3 is 1.59 bits per heavy atom. The third kappa shape index (κ3) is 22.5. The Morgan fingerprint density at radius 1 is 0.605 bits per heavy atom. The number of nitrogens with one attached hydrogen (secondary N) is 6. The number of aliphatic imine (C=N–C) groups is 2. The fourth-order valence-electron chi connectivity index (χ4n) is 8.94. The molecule has 0 bridgehead atoms. The summed E-state index contributed by atoms with van der Waals surface area (Å²) in [7, 11) is 0. The molecule has 8 atom stereocenters. The summed E-state index contributed by atoms with van der Waals surface area (Å²) in [4.78, 5) is 133. The van der Waals surface area contributed by atoms with Crippen molar-refractivity contribution in [2.24, 2.45) is 56.0 Å². The van der Waals surface area contributed by atoms with E-state index >= 15 is 0 Å². The number of halogens is 1. The van der Waals surface area contributed by atoms with Gasteiger partial charge < -0.3 is 82.0 Å². The van der Waals surface area contributed by atoms with E-state index in [0.717, 1.165) is 0 Å². The molecule has 81 heavy (non-hydrogen) atoms. The van der Waals surface area contributed by atoms with E-state index in [1.54, 1.807) is 72.8 Å². The number of carbonyl (C=O) groups is 9. The van der Waals surface area contributed by atoms with Crippen LogP contribution < -0.4 is 72.0 Å². The van der Waals surface area contributed by atoms with Gasteiger partial charge in [0, 0.05) is 32.5 Å². The summed E-state index contributed by atoms with van der Waals surface area (Å²) in [5.74, 6) is -7.65. The second-order valence-electron chi connectivity index (χ2n) is 20.1. The van der Waals surface area contributed by atoms with Crippen molar-refractivity contribution in [1.82, 2.24) is 36.8 Å². The predicted octanol–water partition coefficient (Wildman–Crippen LogP) is -2.23. The molecular formula is C54H77IN16O10. The maximum absolute atomic E-state index is 14.8. The van der Waals surface area contributed by atoms with Gasteiger partial charge in [0.1, 0.15) is 48.0 Å². The number of carbonyl (C=O) groups excluding carboxylic acids is 9. The van der Waals surface area contributed by atoms with Crippen molar-refractivity contribution in [3.63, 3.8) is 0 Å². The van der Waals surface area contributed by atoms with Crippen LogP contribution in [0.5, 0.6) is 5.75 Å².